The zero-order chi connectivity index (χ0) is 14.5. The molecule has 1 N–H and O–H groups in total. The number of amides is 1. The molecule has 5 nitrogen and oxygen atoms in total. The second-order valence-corrected chi connectivity index (χ2v) is 4.41. The molecule has 0 saturated carbocycles. The molecule has 0 spiro atoms. The van der Waals surface area contributed by atoms with E-state index in [4.69, 9.17) is 4.42 Å². The second kappa shape index (κ2) is 6.00. The minimum atomic E-state index is -0.249. The van der Waals surface area contributed by atoms with Crippen molar-refractivity contribution in [3.63, 3.8) is 0 Å². The Balaban J connectivity index is 1.79. The number of furan rings is 1. The van der Waals surface area contributed by atoms with Gasteiger partial charge in [0.1, 0.15) is 0 Å². The monoisotopic (exact) mass is 279 g/mol. The maximum absolute atomic E-state index is 11.9. The van der Waals surface area contributed by atoms with Gasteiger partial charge in [0.05, 0.1) is 12.0 Å². The van der Waals surface area contributed by atoms with Crippen LogP contribution in [0.15, 0.2) is 65.7 Å². The molecule has 3 aromatic rings. The largest absolute Gasteiger partial charge is 0.459 e. The lowest BCUT2D eigenvalue weighted by molar-refractivity contribution is 0.0923. The summed E-state index contributed by atoms with van der Waals surface area (Å²) < 4.78 is 5.06. The van der Waals surface area contributed by atoms with Crippen molar-refractivity contribution in [3.05, 3.63) is 72.6 Å². The smallest absolute Gasteiger partial charge is 0.287 e. The van der Waals surface area contributed by atoms with Crippen LogP contribution < -0.4 is 5.32 Å². The Hall–Kier alpha value is -2.95. The van der Waals surface area contributed by atoms with Crippen molar-refractivity contribution in [1.82, 2.24) is 15.3 Å². The summed E-state index contributed by atoms with van der Waals surface area (Å²) in [7, 11) is 0. The molecule has 0 saturated heterocycles. The molecule has 0 radical (unpaired) electrons. The average molecular weight is 279 g/mol. The Morgan fingerprint density at radius 3 is 2.81 bits per heavy atom. The van der Waals surface area contributed by atoms with Gasteiger partial charge in [-0.15, -0.1) is 0 Å². The Labute approximate surface area is 121 Å². The molecule has 0 unspecified atom stereocenters. The number of nitrogens with one attached hydrogen (secondary N) is 1. The van der Waals surface area contributed by atoms with E-state index >= 15 is 0 Å². The summed E-state index contributed by atoms with van der Waals surface area (Å²) in [6, 6.07) is 10.9. The number of pyridine rings is 2. The number of aromatic nitrogens is 2. The van der Waals surface area contributed by atoms with Crippen LogP contribution in [-0.4, -0.2) is 15.9 Å². The van der Waals surface area contributed by atoms with Gasteiger partial charge in [-0.1, -0.05) is 6.07 Å². The SMILES string of the molecule is O=C(NCc1cccnc1-c1cccnc1)c1ccco1. The fourth-order valence-corrected chi connectivity index (χ4v) is 2.01. The topological polar surface area (TPSA) is 68.0 Å². The zero-order valence-corrected chi connectivity index (χ0v) is 11.2. The van der Waals surface area contributed by atoms with Crippen molar-refractivity contribution >= 4 is 5.91 Å². The predicted molar refractivity (Wildman–Crippen MR) is 77.3 cm³/mol. The van der Waals surface area contributed by atoms with E-state index in [0.29, 0.717) is 12.3 Å². The van der Waals surface area contributed by atoms with Crippen LogP contribution in [0.2, 0.25) is 0 Å². The molecule has 0 aliphatic carbocycles. The lowest BCUT2D eigenvalue weighted by Gasteiger charge is -2.09. The molecule has 5 heteroatoms. The number of rotatable bonds is 4. The van der Waals surface area contributed by atoms with E-state index in [1.165, 1.54) is 6.26 Å². The van der Waals surface area contributed by atoms with Crippen molar-refractivity contribution in [3.8, 4) is 11.3 Å². The first-order valence-electron chi connectivity index (χ1n) is 6.50. The van der Waals surface area contributed by atoms with E-state index in [9.17, 15) is 4.79 Å². The summed E-state index contributed by atoms with van der Waals surface area (Å²) in [4.78, 5) is 20.4. The van der Waals surface area contributed by atoms with Gasteiger partial charge in [-0.3, -0.25) is 14.8 Å². The van der Waals surface area contributed by atoms with Crippen molar-refractivity contribution < 1.29 is 9.21 Å². The standard InChI is InChI=1S/C16H13N3O2/c20-16(14-6-3-9-21-14)19-11-13-5-2-8-18-15(13)12-4-1-7-17-10-12/h1-10H,11H2,(H,19,20). The van der Waals surface area contributed by atoms with Crippen molar-refractivity contribution in [2.45, 2.75) is 6.54 Å². The van der Waals surface area contributed by atoms with Gasteiger partial charge in [-0.25, -0.2) is 0 Å². The molecule has 0 bridgehead atoms. The molecule has 0 atom stereocenters. The first-order valence-corrected chi connectivity index (χ1v) is 6.50. The van der Waals surface area contributed by atoms with Crippen LogP contribution in [0.4, 0.5) is 0 Å². The molecule has 3 aromatic heterocycles. The zero-order valence-electron chi connectivity index (χ0n) is 11.2. The number of nitrogens with zero attached hydrogens (tertiary/aromatic N) is 2. The van der Waals surface area contributed by atoms with Gasteiger partial charge in [0.2, 0.25) is 0 Å². The maximum atomic E-state index is 11.9. The lowest BCUT2D eigenvalue weighted by Crippen LogP contribution is -2.22. The molecule has 0 aliphatic heterocycles. The van der Waals surface area contributed by atoms with E-state index in [0.717, 1.165) is 16.8 Å². The Morgan fingerprint density at radius 1 is 1.14 bits per heavy atom. The van der Waals surface area contributed by atoms with Crippen LogP contribution in [0.5, 0.6) is 0 Å². The highest BCUT2D eigenvalue weighted by Gasteiger charge is 2.10. The molecule has 0 aromatic carbocycles. The van der Waals surface area contributed by atoms with Gasteiger partial charge in [0, 0.05) is 30.7 Å². The highest BCUT2D eigenvalue weighted by molar-refractivity contribution is 5.91. The van der Waals surface area contributed by atoms with Crippen LogP contribution in [0.3, 0.4) is 0 Å². The van der Waals surface area contributed by atoms with Gasteiger partial charge in [0.25, 0.3) is 5.91 Å². The molecule has 21 heavy (non-hydrogen) atoms. The van der Waals surface area contributed by atoms with E-state index in [2.05, 4.69) is 15.3 Å². The summed E-state index contributed by atoms with van der Waals surface area (Å²) in [6.45, 7) is 0.373. The fraction of sp³-hybridized carbons (Fsp3) is 0.0625. The summed E-state index contributed by atoms with van der Waals surface area (Å²) in [5, 5.41) is 2.82. The Bertz CT molecular complexity index is 724. The molecule has 104 valence electrons. The third-order valence-corrected chi connectivity index (χ3v) is 3.01. The molecular formula is C16H13N3O2. The van der Waals surface area contributed by atoms with Crippen LogP contribution in [0.1, 0.15) is 16.1 Å². The molecule has 3 rings (SSSR count). The highest BCUT2D eigenvalue weighted by atomic mass is 16.3. The highest BCUT2D eigenvalue weighted by Crippen LogP contribution is 2.19. The average Bonchev–Trinajstić information content (AvgIpc) is 3.08. The van der Waals surface area contributed by atoms with Crippen LogP contribution in [0, 0.1) is 0 Å². The van der Waals surface area contributed by atoms with Crippen LogP contribution in [0.25, 0.3) is 11.3 Å². The molecular weight excluding hydrogens is 266 g/mol. The van der Waals surface area contributed by atoms with Crippen molar-refractivity contribution in [2.24, 2.45) is 0 Å². The molecule has 0 aliphatic rings. The first kappa shape index (κ1) is 13.1. The number of carbonyl (C=O) groups excluding carboxylic acids is 1. The van der Waals surface area contributed by atoms with Gasteiger partial charge >= 0.3 is 0 Å². The summed E-state index contributed by atoms with van der Waals surface area (Å²) >= 11 is 0. The molecule has 0 fully saturated rings. The number of hydrogen-bond donors (Lipinski definition) is 1. The molecule has 3 heterocycles. The summed E-state index contributed by atoms with van der Waals surface area (Å²) in [5.74, 6) is 0.0443. The van der Waals surface area contributed by atoms with E-state index in [-0.39, 0.29) is 5.91 Å². The third kappa shape index (κ3) is 2.97. The minimum absolute atomic E-state index is 0.249. The second-order valence-electron chi connectivity index (χ2n) is 4.41. The molecule has 1 amide bonds. The fourth-order valence-electron chi connectivity index (χ4n) is 2.01. The van der Waals surface area contributed by atoms with Crippen molar-refractivity contribution in [2.75, 3.05) is 0 Å². The van der Waals surface area contributed by atoms with Crippen LogP contribution in [-0.2, 0) is 6.54 Å². The normalized spacial score (nSPS) is 10.3. The Morgan fingerprint density at radius 2 is 2.05 bits per heavy atom. The predicted octanol–water partition coefficient (Wildman–Crippen LogP) is 2.67. The quantitative estimate of drug-likeness (QED) is 0.797. The maximum Gasteiger partial charge on any atom is 0.287 e. The van der Waals surface area contributed by atoms with E-state index < -0.39 is 0 Å². The number of hydrogen-bond acceptors (Lipinski definition) is 4. The first-order chi connectivity index (χ1) is 10.3. The third-order valence-electron chi connectivity index (χ3n) is 3.01. The summed E-state index contributed by atoms with van der Waals surface area (Å²) in [6.07, 6.45) is 6.66. The van der Waals surface area contributed by atoms with Gasteiger partial charge in [-0.05, 0) is 35.9 Å². The van der Waals surface area contributed by atoms with Gasteiger partial charge < -0.3 is 9.73 Å². The Kier molecular flexibility index (Phi) is 3.73. The van der Waals surface area contributed by atoms with Crippen molar-refractivity contribution in [1.29, 1.82) is 0 Å². The summed E-state index contributed by atoms with van der Waals surface area (Å²) in [5.41, 5.74) is 2.65. The minimum Gasteiger partial charge on any atom is -0.459 e. The lowest BCUT2D eigenvalue weighted by atomic mass is 10.1. The van der Waals surface area contributed by atoms with Gasteiger partial charge in [-0.2, -0.15) is 0 Å². The van der Waals surface area contributed by atoms with E-state index in [1.807, 2.05) is 24.3 Å². The van der Waals surface area contributed by atoms with Crippen LogP contribution >= 0.6 is 0 Å². The van der Waals surface area contributed by atoms with E-state index in [1.54, 1.807) is 30.7 Å². The number of carbonyl (C=O) groups is 1. The van der Waals surface area contributed by atoms with Gasteiger partial charge in [0.15, 0.2) is 5.76 Å².